The molecule has 0 fully saturated rings. The molecule has 0 unspecified atom stereocenters. The van der Waals surface area contributed by atoms with E-state index in [1.165, 1.54) is 17.1 Å². The Morgan fingerprint density at radius 2 is 2.04 bits per heavy atom. The molecule has 152 valence electrons. The fraction of sp³-hybridized carbons (Fsp3) is 0.500. The number of carboxylic acids is 1. The number of carboxylic acid groups (broad SMARTS) is 1. The summed E-state index contributed by atoms with van der Waals surface area (Å²) in [6.07, 6.45) is 2.18. The SMILES string of the molecule is CC(C)(C)OC(=O)NCCN(CC(=O)O)C(=O)Cn1cnc2cnc(N)nc21. The number of nitrogen functional groups attached to an aromatic ring is 1. The number of anilines is 1. The maximum atomic E-state index is 12.6. The number of ether oxygens (including phenoxy) is 1. The standard InChI is InChI=1S/C16H23N7O5/c1-16(2,3)28-15(27)18-4-5-22(8-12(25)26)11(24)7-23-9-20-10-6-19-14(17)21-13(10)23/h6,9H,4-5,7-8H2,1-3H3,(H,18,27)(H,25,26)(H2,17,19,21). The van der Waals surface area contributed by atoms with Crippen LogP contribution in [0.4, 0.5) is 10.7 Å². The van der Waals surface area contributed by atoms with Gasteiger partial charge in [-0.25, -0.2) is 14.8 Å². The van der Waals surface area contributed by atoms with Crippen molar-refractivity contribution in [2.45, 2.75) is 32.9 Å². The van der Waals surface area contributed by atoms with E-state index in [4.69, 9.17) is 15.6 Å². The Hall–Kier alpha value is -3.44. The lowest BCUT2D eigenvalue weighted by Crippen LogP contribution is -2.43. The van der Waals surface area contributed by atoms with Crippen LogP contribution in [-0.4, -0.2) is 72.7 Å². The van der Waals surface area contributed by atoms with Crippen molar-refractivity contribution in [2.75, 3.05) is 25.4 Å². The van der Waals surface area contributed by atoms with Gasteiger partial charge in [0.25, 0.3) is 0 Å². The van der Waals surface area contributed by atoms with E-state index >= 15 is 0 Å². The molecule has 0 aliphatic carbocycles. The largest absolute Gasteiger partial charge is 0.480 e. The Labute approximate surface area is 160 Å². The van der Waals surface area contributed by atoms with Gasteiger partial charge in [-0.15, -0.1) is 0 Å². The number of imidazole rings is 1. The number of aliphatic carboxylic acids is 1. The summed E-state index contributed by atoms with van der Waals surface area (Å²) in [7, 11) is 0. The summed E-state index contributed by atoms with van der Waals surface area (Å²) in [5.41, 5.74) is 5.72. The topological polar surface area (TPSA) is 166 Å². The van der Waals surface area contributed by atoms with Crippen molar-refractivity contribution in [1.82, 2.24) is 29.7 Å². The van der Waals surface area contributed by atoms with Crippen LogP contribution in [0.1, 0.15) is 20.8 Å². The molecule has 4 N–H and O–H groups in total. The van der Waals surface area contributed by atoms with Crippen LogP contribution in [-0.2, 0) is 20.9 Å². The highest BCUT2D eigenvalue weighted by Crippen LogP contribution is 2.10. The summed E-state index contributed by atoms with van der Waals surface area (Å²) in [5, 5.41) is 11.6. The van der Waals surface area contributed by atoms with Gasteiger partial charge in [0.1, 0.15) is 24.2 Å². The molecule has 12 nitrogen and oxygen atoms in total. The number of alkyl carbamates (subject to hydrolysis) is 1. The highest BCUT2D eigenvalue weighted by atomic mass is 16.6. The second kappa shape index (κ2) is 8.50. The molecule has 0 saturated carbocycles. The predicted molar refractivity (Wildman–Crippen MR) is 98.2 cm³/mol. The number of hydrogen-bond acceptors (Lipinski definition) is 8. The third kappa shape index (κ3) is 6.07. The van der Waals surface area contributed by atoms with Crippen molar-refractivity contribution in [3.8, 4) is 0 Å². The van der Waals surface area contributed by atoms with Gasteiger partial charge in [-0.05, 0) is 20.8 Å². The predicted octanol–water partition coefficient (Wildman–Crippen LogP) is -0.154. The lowest BCUT2D eigenvalue weighted by molar-refractivity contribution is -0.144. The summed E-state index contributed by atoms with van der Waals surface area (Å²) in [5.74, 6) is -1.62. The van der Waals surface area contributed by atoms with Crippen molar-refractivity contribution in [3.05, 3.63) is 12.5 Å². The molecular weight excluding hydrogens is 370 g/mol. The number of fused-ring (bicyclic) bond motifs is 1. The first kappa shape index (κ1) is 20.9. The molecule has 2 heterocycles. The Kier molecular flexibility index (Phi) is 6.33. The second-order valence-electron chi connectivity index (χ2n) is 6.95. The molecule has 2 aromatic heterocycles. The van der Waals surface area contributed by atoms with Crippen molar-refractivity contribution in [1.29, 1.82) is 0 Å². The third-order valence-electron chi connectivity index (χ3n) is 3.41. The molecule has 2 aromatic rings. The molecule has 0 radical (unpaired) electrons. The minimum absolute atomic E-state index is 0.00582. The van der Waals surface area contributed by atoms with Crippen LogP contribution >= 0.6 is 0 Å². The number of amides is 2. The van der Waals surface area contributed by atoms with Crippen molar-refractivity contribution in [3.63, 3.8) is 0 Å². The Morgan fingerprint density at radius 1 is 1.32 bits per heavy atom. The summed E-state index contributed by atoms with van der Waals surface area (Å²) in [6, 6.07) is 0. The molecule has 0 spiro atoms. The molecule has 28 heavy (non-hydrogen) atoms. The van der Waals surface area contributed by atoms with Gasteiger partial charge in [0.15, 0.2) is 5.65 Å². The van der Waals surface area contributed by atoms with Crippen LogP contribution < -0.4 is 11.1 Å². The quantitative estimate of drug-likeness (QED) is 0.579. The number of nitrogens with two attached hydrogens (primary N) is 1. The zero-order valence-corrected chi connectivity index (χ0v) is 15.9. The molecule has 0 aromatic carbocycles. The Morgan fingerprint density at radius 3 is 2.68 bits per heavy atom. The monoisotopic (exact) mass is 393 g/mol. The first-order valence-electron chi connectivity index (χ1n) is 8.45. The molecule has 0 aliphatic rings. The molecule has 0 aliphatic heterocycles. The normalized spacial score (nSPS) is 11.2. The minimum Gasteiger partial charge on any atom is -0.480 e. The van der Waals surface area contributed by atoms with E-state index in [1.54, 1.807) is 20.8 Å². The molecule has 0 atom stereocenters. The molecule has 2 amide bonds. The summed E-state index contributed by atoms with van der Waals surface area (Å²) in [4.78, 5) is 48.4. The Bertz CT molecular complexity index is 874. The fourth-order valence-corrected chi connectivity index (χ4v) is 2.29. The Balaban J connectivity index is 2.01. The second-order valence-corrected chi connectivity index (χ2v) is 6.95. The van der Waals surface area contributed by atoms with Gasteiger partial charge in [0, 0.05) is 13.1 Å². The lowest BCUT2D eigenvalue weighted by atomic mass is 10.2. The van der Waals surface area contributed by atoms with E-state index in [-0.39, 0.29) is 25.6 Å². The maximum absolute atomic E-state index is 12.6. The van der Waals surface area contributed by atoms with Gasteiger partial charge in [-0.2, -0.15) is 4.98 Å². The average Bonchev–Trinajstić information content (AvgIpc) is 2.94. The zero-order valence-electron chi connectivity index (χ0n) is 15.9. The molecule has 12 heteroatoms. The number of nitrogens with zero attached hydrogens (tertiary/aromatic N) is 5. The van der Waals surface area contributed by atoms with E-state index in [2.05, 4.69) is 20.3 Å². The van der Waals surface area contributed by atoms with Crippen molar-refractivity contribution in [2.24, 2.45) is 0 Å². The van der Waals surface area contributed by atoms with Gasteiger partial charge >= 0.3 is 12.1 Å². The summed E-state index contributed by atoms with van der Waals surface area (Å²) in [6.45, 7) is 4.49. The van der Waals surface area contributed by atoms with E-state index in [9.17, 15) is 14.4 Å². The third-order valence-corrected chi connectivity index (χ3v) is 3.41. The van der Waals surface area contributed by atoms with Crippen LogP contribution in [0.25, 0.3) is 11.2 Å². The van der Waals surface area contributed by atoms with E-state index < -0.39 is 30.1 Å². The molecule has 2 rings (SSSR count). The summed E-state index contributed by atoms with van der Waals surface area (Å²) < 4.78 is 6.55. The first-order valence-corrected chi connectivity index (χ1v) is 8.45. The van der Waals surface area contributed by atoms with Crippen LogP contribution in [0, 0.1) is 0 Å². The molecule has 0 bridgehead atoms. The summed E-state index contributed by atoms with van der Waals surface area (Å²) >= 11 is 0. The van der Waals surface area contributed by atoms with Crippen molar-refractivity contribution >= 4 is 35.1 Å². The van der Waals surface area contributed by atoms with Gasteiger partial charge in [-0.3, -0.25) is 9.59 Å². The van der Waals surface area contributed by atoms with Crippen LogP contribution in [0.15, 0.2) is 12.5 Å². The number of aromatic nitrogens is 4. The highest BCUT2D eigenvalue weighted by Gasteiger charge is 2.20. The van der Waals surface area contributed by atoms with Gasteiger partial charge in [0.2, 0.25) is 11.9 Å². The minimum atomic E-state index is -1.17. The van der Waals surface area contributed by atoms with Gasteiger partial charge in [0.05, 0.1) is 12.5 Å². The van der Waals surface area contributed by atoms with E-state index in [0.29, 0.717) is 11.2 Å². The number of hydrogen-bond donors (Lipinski definition) is 3. The number of rotatable bonds is 7. The van der Waals surface area contributed by atoms with E-state index in [1.807, 2.05) is 0 Å². The average molecular weight is 393 g/mol. The van der Waals surface area contributed by atoms with Crippen LogP contribution in [0.2, 0.25) is 0 Å². The number of nitrogens with one attached hydrogen (secondary N) is 1. The first-order chi connectivity index (χ1) is 13.0. The molecule has 0 saturated heterocycles. The van der Waals surface area contributed by atoms with Gasteiger partial charge in [-0.1, -0.05) is 0 Å². The van der Waals surface area contributed by atoms with Gasteiger partial charge < -0.3 is 30.4 Å². The van der Waals surface area contributed by atoms with E-state index in [0.717, 1.165) is 4.90 Å². The van der Waals surface area contributed by atoms with Crippen molar-refractivity contribution < 1.29 is 24.2 Å². The highest BCUT2D eigenvalue weighted by molar-refractivity contribution is 5.82. The number of carbonyl (C=O) groups excluding carboxylic acids is 2. The zero-order chi connectivity index (χ0) is 20.9. The molecular formula is C16H23N7O5. The fourth-order valence-electron chi connectivity index (χ4n) is 2.29. The van der Waals surface area contributed by atoms with Crippen LogP contribution in [0.5, 0.6) is 0 Å². The number of carbonyl (C=O) groups is 3. The maximum Gasteiger partial charge on any atom is 0.407 e. The lowest BCUT2D eigenvalue weighted by Gasteiger charge is -2.23. The smallest absolute Gasteiger partial charge is 0.407 e. The van der Waals surface area contributed by atoms with Crippen LogP contribution in [0.3, 0.4) is 0 Å².